The molecule has 1 aromatic heterocycles. The first kappa shape index (κ1) is 15.0. The van der Waals surface area contributed by atoms with Crippen molar-refractivity contribution in [2.24, 2.45) is 0 Å². The molecule has 3 rings (SSSR count). The fraction of sp³-hybridized carbons (Fsp3) is 0.556. The summed E-state index contributed by atoms with van der Waals surface area (Å²) in [5.41, 5.74) is 1.47. The maximum absolute atomic E-state index is 5.79. The van der Waals surface area contributed by atoms with E-state index >= 15 is 0 Å². The number of hydrogen-bond acceptors (Lipinski definition) is 3. The molecule has 2 heterocycles. The van der Waals surface area contributed by atoms with Crippen LogP contribution in [-0.2, 0) is 4.74 Å². The highest BCUT2D eigenvalue weighted by molar-refractivity contribution is 7.17. The lowest BCUT2D eigenvalue weighted by atomic mass is 9.98. The Hall–Kier alpha value is -0.900. The molecule has 1 aliphatic rings. The van der Waals surface area contributed by atoms with E-state index in [1.165, 1.54) is 47.8 Å². The summed E-state index contributed by atoms with van der Waals surface area (Å²) in [7, 11) is 0. The minimum atomic E-state index is 0.463. The van der Waals surface area contributed by atoms with Crippen LogP contribution in [0, 0.1) is 0 Å². The van der Waals surface area contributed by atoms with Crippen LogP contribution in [0.4, 0.5) is 0 Å². The normalized spacial score (nSPS) is 20.1. The second-order valence-corrected chi connectivity index (χ2v) is 6.82. The molecule has 0 spiro atoms. The molecule has 2 aromatic rings. The first-order valence-electron chi connectivity index (χ1n) is 8.19. The summed E-state index contributed by atoms with van der Waals surface area (Å²) in [5.74, 6) is 0. The first-order valence-corrected chi connectivity index (χ1v) is 9.07. The van der Waals surface area contributed by atoms with Gasteiger partial charge in [0.15, 0.2) is 0 Å². The van der Waals surface area contributed by atoms with E-state index in [2.05, 4.69) is 41.9 Å². The molecule has 3 heteroatoms. The van der Waals surface area contributed by atoms with E-state index in [0.717, 1.165) is 13.2 Å². The maximum Gasteiger partial charge on any atom is 0.0576 e. The number of rotatable bonds is 7. The molecule has 0 radical (unpaired) electrons. The largest absolute Gasteiger partial charge is 0.378 e. The van der Waals surface area contributed by atoms with Gasteiger partial charge in [-0.05, 0) is 61.0 Å². The van der Waals surface area contributed by atoms with Crippen molar-refractivity contribution in [1.29, 1.82) is 0 Å². The fourth-order valence-electron chi connectivity index (χ4n) is 3.18. The van der Waals surface area contributed by atoms with Crippen molar-refractivity contribution in [3.05, 3.63) is 35.2 Å². The molecule has 1 N–H and O–H groups in total. The Bertz CT molecular complexity index is 559. The highest BCUT2D eigenvalue weighted by atomic mass is 32.1. The molecular weight excluding hydrogens is 278 g/mol. The summed E-state index contributed by atoms with van der Waals surface area (Å²) in [6.45, 7) is 4.27. The molecule has 2 nitrogen and oxygen atoms in total. The van der Waals surface area contributed by atoms with Crippen LogP contribution < -0.4 is 5.32 Å². The summed E-state index contributed by atoms with van der Waals surface area (Å²) >= 11 is 1.86. The van der Waals surface area contributed by atoms with Crippen LogP contribution in [0.3, 0.4) is 0 Å². The molecule has 0 amide bonds. The minimum Gasteiger partial charge on any atom is -0.378 e. The number of thiophene rings is 1. The van der Waals surface area contributed by atoms with Crippen LogP contribution in [0.5, 0.6) is 0 Å². The van der Waals surface area contributed by atoms with Crippen LogP contribution in [-0.4, -0.2) is 19.3 Å². The van der Waals surface area contributed by atoms with E-state index in [4.69, 9.17) is 4.74 Å². The Morgan fingerprint density at radius 1 is 1.38 bits per heavy atom. The topological polar surface area (TPSA) is 21.3 Å². The average Bonchev–Trinajstić information content (AvgIpc) is 3.17. The highest BCUT2D eigenvalue weighted by Gasteiger charge is 2.20. The van der Waals surface area contributed by atoms with Gasteiger partial charge in [-0.2, -0.15) is 0 Å². The van der Waals surface area contributed by atoms with E-state index in [0.29, 0.717) is 12.1 Å². The predicted molar refractivity (Wildman–Crippen MR) is 91.1 cm³/mol. The van der Waals surface area contributed by atoms with Crippen LogP contribution in [0.15, 0.2) is 29.6 Å². The lowest BCUT2D eigenvalue weighted by Crippen LogP contribution is -2.23. The number of fused-ring (bicyclic) bond motifs is 1. The second kappa shape index (κ2) is 7.39. The minimum absolute atomic E-state index is 0.463. The lowest BCUT2D eigenvalue weighted by molar-refractivity contribution is 0.0996. The van der Waals surface area contributed by atoms with Gasteiger partial charge in [-0.3, -0.25) is 0 Å². The van der Waals surface area contributed by atoms with Gasteiger partial charge in [0.1, 0.15) is 0 Å². The van der Waals surface area contributed by atoms with Gasteiger partial charge in [0.05, 0.1) is 6.10 Å². The van der Waals surface area contributed by atoms with Gasteiger partial charge in [-0.25, -0.2) is 0 Å². The van der Waals surface area contributed by atoms with Gasteiger partial charge < -0.3 is 10.1 Å². The number of nitrogens with one attached hydrogen (secondary N) is 1. The van der Waals surface area contributed by atoms with Crippen LogP contribution in [0.25, 0.3) is 10.1 Å². The van der Waals surface area contributed by atoms with Crippen molar-refractivity contribution >= 4 is 21.4 Å². The average molecular weight is 303 g/mol. The maximum atomic E-state index is 5.79. The standard InChI is InChI=1S/C18H25NOS/c1-2-11-19-17(10-9-14-6-5-12-20-14)16-13-21-18-8-4-3-7-15(16)18/h3-4,7-8,13-14,17,19H,2,5-6,9-12H2,1H3. The molecule has 21 heavy (non-hydrogen) atoms. The molecule has 1 fully saturated rings. The molecule has 1 saturated heterocycles. The third-order valence-corrected chi connectivity index (χ3v) is 5.31. The van der Waals surface area contributed by atoms with E-state index in [1.54, 1.807) is 0 Å². The third kappa shape index (κ3) is 3.65. The quantitative estimate of drug-likeness (QED) is 0.785. The Labute approximate surface area is 131 Å². The summed E-state index contributed by atoms with van der Waals surface area (Å²) in [6, 6.07) is 9.22. The SMILES string of the molecule is CCCNC(CCC1CCCO1)c1csc2ccccc12. The smallest absolute Gasteiger partial charge is 0.0576 e. The Balaban J connectivity index is 1.74. The number of ether oxygens (including phenoxy) is 1. The molecular formula is C18H25NOS. The van der Waals surface area contributed by atoms with Gasteiger partial charge in [0, 0.05) is 17.3 Å². The molecule has 0 bridgehead atoms. The van der Waals surface area contributed by atoms with Crippen LogP contribution >= 0.6 is 11.3 Å². The Kier molecular flexibility index (Phi) is 5.28. The summed E-state index contributed by atoms with van der Waals surface area (Å²) in [5, 5.41) is 7.50. The van der Waals surface area contributed by atoms with Crippen LogP contribution in [0.1, 0.15) is 50.6 Å². The van der Waals surface area contributed by atoms with Crippen molar-refractivity contribution in [3.63, 3.8) is 0 Å². The zero-order valence-corrected chi connectivity index (χ0v) is 13.6. The Morgan fingerprint density at radius 3 is 3.10 bits per heavy atom. The van der Waals surface area contributed by atoms with Gasteiger partial charge in [-0.1, -0.05) is 25.1 Å². The third-order valence-electron chi connectivity index (χ3n) is 4.33. The van der Waals surface area contributed by atoms with Gasteiger partial charge in [-0.15, -0.1) is 11.3 Å². The fourth-order valence-corrected chi connectivity index (χ4v) is 4.19. The second-order valence-electron chi connectivity index (χ2n) is 5.91. The van der Waals surface area contributed by atoms with E-state index in [9.17, 15) is 0 Å². The Morgan fingerprint density at radius 2 is 2.29 bits per heavy atom. The van der Waals surface area contributed by atoms with Crippen molar-refractivity contribution in [2.45, 2.75) is 51.2 Å². The summed E-state index contributed by atoms with van der Waals surface area (Å²) in [6.07, 6.45) is 6.49. The van der Waals surface area contributed by atoms with Gasteiger partial charge in [0.2, 0.25) is 0 Å². The number of benzene rings is 1. The molecule has 0 aliphatic carbocycles. The molecule has 1 aromatic carbocycles. The van der Waals surface area contributed by atoms with Crippen molar-refractivity contribution in [2.75, 3.05) is 13.2 Å². The molecule has 1 aliphatic heterocycles. The molecule has 2 unspecified atom stereocenters. The van der Waals surface area contributed by atoms with Crippen molar-refractivity contribution < 1.29 is 4.74 Å². The van der Waals surface area contributed by atoms with E-state index < -0.39 is 0 Å². The molecule has 114 valence electrons. The monoisotopic (exact) mass is 303 g/mol. The van der Waals surface area contributed by atoms with Crippen LogP contribution in [0.2, 0.25) is 0 Å². The predicted octanol–water partition coefficient (Wildman–Crippen LogP) is 4.90. The molecule has 0 saturated carbocycles. The van der Waals surface area contributed by atoms with Gasteiger partial charge in [0.25, 0.3) is 0 Å². The summed E-state index contributed by atoms with van der Waals surface area (Å²) in [4.78, 5) is 0. The lowest BCUT2D eigenvalue weighted by Gasteiger charge is -2.20. The van der Waals surface area contributed by atoms with Crippen molar-refractivity contribution in [1.82, 2.24) is 5.32 Å². The van der Waals surface area contributed by atoms with E-state index in [1.807, 2.05) is 11.3 Å². The highest BCUT2D eigenvalue weighted by Crippen LogP contribution is 2.33. The zero-order chi connectivity index (χ0) is 14.5. The summed E-state index contributed by atoms with van der Waals surface area (Å²) < 4.78 is 7.18. The van der Waals surface area contributed by atoms with Gasteiger partial charge >= 0.3 is 0 Å². The first-order chi connectivity index (χ1) is 10.4. The molecule has 2 atom stereocenters. The van der Waals surface area contributed by atoms with E-state index in [-0.39, 0.29) is 0 Å². The van der Waals surface area contributed by atoms with Crippen molar-refractivity contribution in [3.8, 4) is 0 Å². The zero-order valence-electron chi connectivity index (χ0n) is 12.8. The number of hydrogen-bond donors (Lipinski definition) is 1.